The van der Waals surface area contributed by atoms with E-state index in [-0.39, 0.29) is 0 Å². The number of furan rings is 1. The fourth-order valence-electron chi connectivity index (χ4n) is 2.12. The summed E-state index contributed by atoms with van der Waals surface area (Å²) in [4.78, 5) is 3.31. The molecule has 7 heteroatoms. The van der Waals surface area contributed by atoms with Crippen LogP contribution in [-0.4, -0.2) is 30.8 Å². The summed E-state index contributed by atoms with van der Waals surface area (Å²) in [5, 5.41) is 3.35. The largest absolute Gasteiger partial charge is 0.472 e. The van der Waals surface area contributed by atoms with E-state index in [4.69, 9.17) is 4.42 Å². The molecule has 0 radical (unpaired) electrons. The molecule has 2 N–H and O–H groups in total. The van der Waals surface area contributed by atoms with Gasteiger partial charge in [-0.15, -0.1) is 0 Å². The quantitative estimate of drug-likeness (QED) is 0.815. The molecule has 2 heterocycles. The molecule has 1 saturated carbocycles. The van der Waals surface area contributed by atoms with E-state index in [9.17, 15) is 8.42 Å². The van der Waals surface area contributed by atoms with E-state index in [1.807, 2.05) is 0 Å². The second kappa shape index (κ2) is 5.67. The van der Waals surface area contributed by atoms with Crippen LogP contribution in [0.4, 0.5) is 0 Å². The highest BCUT2D eigenvalue weighted by atomic mass is 32.2. The van der Waals surface area contributed by atoms with Crippen molar-refractivity contribution in [2.45, 2.75) is 36.9 Å². The van der Waals surface area contributed by atoms with Gasteiger partial charge in [-0.3, -0.25) is 0 Å². The highest BCUT2D eigenvalue weighted by Gasteiger charge is 2.24. The number of nitrogens with one attached hydrogen (secondary N) is 2. The lowest BCUT2D eigenvalue weighted by Gasteiger charge is -2.14. The average Bonchev–Trinajstić information content (AvgIpc) is 2.93. The van der Waals surface area contributed by atoms with Crippen molar-refractivity contribution >= 4 is 10.0 Å². The van der Waals surface area contributed by atoms with Crippen LogP contribution in [0.15, 0.2) is 40.2 Å². The Bertz CT molecular complexity index is 687. The van der Waals surface area contributed by atoms with E-state index in [1.54, 1.807) is 31.6 Å². The first-order valence-electron chi connectivity index (χ1n) is 6.94. The lowest BCUT2D eigenvalue weighted by molar-refractivity contribution is 0.463. The lowest BCUT2D eigenvalue weighted by atomic mass is 10.3. The highest BCUT2D eigenvalue weighted by molar-refractivity contribution is 7.89. The van der Waals surface area contributed by atoms with Crippen LogP contribution in [0, 0.1) is 0 Å². The van der Waals surface area contributed by atoms with E-state index < -0.39 is 10.0 Å². The first kappa shape index (κ1) is 14.4. The van der Waals surface area contributed by atoms with E-state index >= 15 is 0 Å². The first-order chi connectivity index (χ1) is 10.1. The summed E-state index contributed by atoms with van der Waals surface area (Å²) >= 11 is 0. The molecule has 3 rings (SSSR count). The van der Waals surface area contributed by atoms with Gasteiger partial charge in [0.1, 0.15) is 0 Å². The van der Waals surface area contributed by atoms with Gasteiger partial charge in [0.25, 0.3) is 0 Å². The van der Waals surface area contributed by atoms with E-state index in [2.05, 4.69) is 10.3 Å². The molecule has 21 heavy (non-hydrogen) atoms. The molecule has 2 aromatic rings. The molecule has 6 nitrogen and oxygen atoms in total. The molecular formula is C14H19N3O3S. The van der Waals surface area contributed by atoms with Crippen molar-refractivity contribution in [2.24, 2.45) is 0 Å². The number of aromatic nitrogens is 1. The lowest BCUT2D eigenvalue weighted by Crippen LogP contribution is -2.26. The second-order valence-electron chi connectivity index (χ2n) is 5.41. The molecule has 1 aliphatic carbocycles. The maximum atomic E-state index is 12.5. The van der Waals surface area contributed by atoms with E-state index in [0.717, 1.165) is 11.3 Å². The Kier molecular flexibility index (Phi) is 3.88. The number of rotatable bonds is 7. The molecular weight excluding hydrogens is 290 g/mol. The smallest absolute Gasteiger partial charge is 0.244 e. The minimum atomic E-state index is -3.48. The SMILES string of the molecule is CN(Cc1ccoc1)S(=O)(=O)c1c[nH]c(CNC2CC2)c1. The molecule has 0 atom stereocenters. The number of H-pyrrole nitrogens is 1. The maximum Gasteiger partial charge on any atom is 0.244 e. The van der Waals surface area contributed by atoms with Crippen LogP contribution in [0.25, 0.3) is 0 Å². The number of hydrogen-bond acceptors (Lipinski definition) is 4. The average molecular weight is 309 g/mol. The summed E-state index contributed by atoms with van der Waals surface area (Å²) in [5.41, 5.74) is 1.71. The Hall–Kier alpha value is -1.57. The normalized spacial score (nSPS) is 15.7. The van der Waals surface area contributed by atoms with Gasteiger partial charge in [-0.05, 0) is 25.0 Å². The summed E-state index contributed by atoms with van der Waals surface area (Å²) in [5.74, 6) is 0. The highest BCUT2D eigenvalue weighted by Crippen LogP contribution is 2.21. The van der Waals surface area contributed by atoms with Crippen molar-refractivity contribution in [3.05, 3.63) is 42.1 Å². The third-order valence-corrected chi connectivity index (χ3v) is 5.35. The van der Waals surface area contributed by atoms with Gasteiger partial charge >= 0.3 is 0 Å². The zero-order chi connectivity index (χ0) is 14.9. The predicted molar refractivity (Wildman–Crippen MR) is 78.0 cm³/mol. The predicted octanol–water partition coefficient (Wildman–Crippen LogP) is 1.68. The minimum absolute atomic E-state index is 0.291. The van der Waals surface area contributed by atoms with Gasteiger partial charge in [-0.2, -0.15) is 4.31 Å². The molecule has 2 aromatic heterocycles. The summed E-state index contributed by atoms with van der Waals surface area (Å²) in [6.07, 6.45) is 7.05. The van der Waals surface area contributed by atoms with Gasteiger partial charge in [0.05, 0.1) is 17.4 Å². The Labute approximate surface area is 124 Å². The van der Waals surface area contributed by atoms with Crippen LogP contribution in [0.1, 0.15) is 24.1 Å². The van der Waals surface area contributed by atoms with Crippen LogP contribution in [0.2, 0.25) is 0 Å². The molecule has 0 spiro atoms. The molecule has 0 bridgehead atoms. The molecule has 1 aliphatic rings. The molecule has 0 aliphatic heterocycles. The van der Waals surface area contributed by atoms with E-state index in [1.165, 1.54) is 23.4 Å². The monoisotopic (exact) mass is 309 g/mol. The van der Waals surface area contributed by atoms with Crippen LogP contribution >= 0.6 is 0 Å². The molecule has 0 amide bonds. The standard InChI is InChI=1S/C14H19N3O3S/c1-17(9-11-4-5-20-10-11)21(18,19)14-6-13(16-8-14)7-15-12-2-3-12/h4-6,8,10,12,15-16H,2-3,7,9H2,1H3. The van der Waals surface area contributed by atoms with Crippen LogP contribution < -0.4 is 5.32 Å². The fourth-order valence-corrected chi connectivity index (χ4v) is 3.29. The zero-order valence-electron chi connectivity index (χ0n) is 11.9. The maximum absolute atomic E-state index is 12.5. The van der Waals surface area contributed by atoms with Crippen molar-refractivity contribution in [2.75, 3.05) is 7.05 Å². The molecule has 1 fully saturated rings. The van der Waals surface area contributed by atoms with Crippen molar-refractivity contribution in [1.29, 1.82) is 0 Å². The first-order valence-corrected chi connectivity index (χ1v) is 8.38. The second-order valence-corrected chi connectivity index (χ2v) is 7.45. The van der Waals surface area contributed by atoms with Gasteiger partial charge in [-0.1, -0.05) is 0 Å². The Morgan fingerprint density at radius 3 is 2.95 bits per heavy atom. The third kappa shape index (κ3) is 3.37. The third-order valence-electron chi connectivity index (χ3n) is 3.57. The molecule has 0 unspecified atom stereocenters. The Balaban J connectivity index is 1.68. The number of nitrogens with zero attached hydrogens (tertiary/aromatic N) is 1. The summed E-state index contributed by atoms with van der Waals surface area (Å²) in [7, 11) is -1.92. The minimum Gasteiger partial charge on any atom is -0.472 e. The van der Waals surface area contributed by atoms with Crippen LogP contribution in [0.5, 0.6) is 0 Å². The van der Waals surface area contributed by atoms with Gasteiger partial charge in [0, 0.05) is 43.6 Å². The Morgan fingerprint density at radius 2 is 2.29 bits per heavy atom. The molecule has 0 saturated heterocycles. The number of hydrogen-bond donors (Lipinski definition) is 2. The number of sulfonamides is 1. The molecule has 0 aromatic carbocycles. The van der Waals surface area contributed by atoms with Gasteiger partial charge in [0.15, 0.2) is 0 Å². The van der Waals surface area contributed by atoms with Crippen molar-refractivity contribution in [3.8, 4) is 0 Å². The Morgan fingerprint density at radius 1 is 1.48 bits per heavy atom. The van der Waals surface area contributed by atoms with Crippen molar-refractivity contribution < 1.29 is 12.8 Å². The van der Waals surface area contributed by atoms with Gasteiger partial charge in [-0.25, -0.2) is 8.42 Å². The molecule has 114 valence electrons. The zero-order valence-corrected chi connectivity index (χ0v) is 12.7. The fraction of sp³-hybridized carbons (Fsp3) is 0.429. The summed E-state index contributed by atoms with van der Waals surface area (Å²) < 4.78 is 31.2. The topological polar surface area (TPSA) is 78.3 Å². The summed E-state index contributed by atoms with van der Waals surface area (Å²) in [6.45, 7) is 0.964. The van der Waals surface area contributed by atoms with E-state index in [0.29, 0.717) is 24.0 Å². The van der Waals surface area contributed by atoms with Gasteiger partial charge < -0.3 is 14.7 Å². The van der Waals surface area contributed by atoms with Crippen molar-refractivity contribution in [3.63, 3.8) is 0 Å². The number of aromatic amines is 1. The summed E-state index contributed by atoms with van der Waals surface area (Å²) in [6, 6.07) is 4.04. The van der Waals surface area contributed by atoms with Crippen LogP contribution in [-0.2, 0) is 23.1 Å². The van der Waals surface area contributed by atoms with Gasteiger partial charge in [0.2, 0.25) is 10.0 Å². The van der Waals surface area contributed by atoms with Crippen LogP contribution in [0.3, 0.4) is 0 Å². The van der Waals surface area contributed by atoms with Crippen molar-refractivity contribution in [1.82, 2.24) is 14.6 Å².